The van der Waals surface area contributed by atoms with E-state index in [1.165, 1.54) is 18.2 Å². The number of aryl methyl sites for hydroxylation is 1. The maximum atomic E-state index is 13.4. The Bertz CT molecular complexity index is 1080. The number of rotatable bonds is 4. The summed E-state index contributed by atoms with van der Waals surface area (Å²) >= 11 is 0. The zero-order valence-electron chi connectivity index (χ0n) is 15.1. The van der Waals surface area contributed by atoms with Crippen LogP contribution < -0.4 is 5.32 Å². The molecular formula is C22H17FN2O3. The van der Waals surface area contributed by atoms with Crippen molar-refractivity contribution < 1.29 is 18.4 Å². The van der Waals surface area contributed by atoms with E-state index >= 15 is 0 Å². The zero-order chi connectivity index (χ0) is 19.7. The highest BCUT2D eigenvalue weighted by Crippen LogP contribution is 2.25. The van der Waals surface area contributed by atoms with Crippen LogP contribution in [0.5, 0.6) is 0 Å². The number of amides is 3. The Morgan fingerprint density at radius 1 is 1.07 bits per heavy atom. The summed E-state index contributed by atoms with van der Waals surface area (Å²) in [4.78, 5) is 25.9. The van der Waals surface area contributed by atoms with Gasteiger partial charge in [-0.15, -0.1) is 0 Å². The molecule has 5 nitrogen and oxygen atoms in total. The van der Waals surface area contributed by atoms with Crippen LogP contribution in [0.3, 0.4) is 0 Å². The fourth-order valence-corrected chi connectivity index (χ4v) is 2.96. The van der Waals surface area contributed by atoms with Gasteiger partial charge in [0.25, 0.3) is 5.91 Å². The fourth-order valence-electron chi connectivity index (χ4n) is 2.96. The summed E-state index contributed by atoms with van der Waals surface area (Å²) < 4.78 is 19.0. The third-order valence-corrected chi connectivity index (χ3v) is 4.45. The number of imide groups is 1. The van der Waals surface area contributed by atoms with Crippen molar-refractivity contribution in [2.45, 2.75) is 13.5 Å². The molecule has 1 saturated heterocycles. The smallest absolute Gasteiger partial charge is 0.329 e. The Kier molecular flexibility index (Phi) is 4.53. The third-order valence-electron chi connectivity index (χ3n) is 4.45. The summed E-state index contributed by atoms with van der Waals surface area (Å²) in [6, 6.07) is 16.5. The van der Waals surface area contributed by atoms with Crippen LogP contribution in [0.25, 0.3) is 17.4 Å². The average Bonchev–Trinajstić information content (AvgIpc) is 3.24. The molecule has 1 fully saturated rings. The molecule has 0 spiro atoms. The average molecular weight is 376 g/mol. The van der Waals surface area contributed by atoms with Gasteiger partial charge in [-0.2, -0.15) is 0 Å². The molecule has 0 aliphatic carbocycles. The second kappa shape index (κ2) is 7.15. The number of carbonyl (C=O) groups excluding carboxylic acids is 2. The zero-order valence-corrected chi connectivity index (χ0v) is 15.1. The predicted molar refractivity (Wildman–Crippen MR) is 102 cm³/mol. The molecule has 28 heavy (non-hydrogen) atoms. The van der Waals surface area contributed by atoms with Crippen molar-refractivity contribution in [1.82, 2.24) is 10.2 Å². The van der Waals surface area contributed by atoms with Crippen LogP contribution in [0.15, 0.2) is 70.8 Å². The SMILES string of the molecule is Cc1ccc(CN2C(=O)N/C(=C\c3ccc(-c4cccc(F)c4)o3)C2=O)cc1. The first-order valence-corrected chi connectivity index (χ1v) is 8.75. The second-order valence-electron chi connectivity index (χ2n) is 6.58. The van der Waals surface area contributed by atoms with Gasteiger partial charge < -0.3 is 9.73 Å². The van der Waals surface area contributed by atoms with E-state index in [0.29, 0.717) is 17.1 Å². The molecule has 0 unspecified atom stereocenters. The van der Waals surface area contributed by atoms with Crippen LogP contribution in [-0.4, -0.2) is 16.8 Å². The van der Waals surface area contributed by atoms with E-state index < -0.39 is 11.9 Å². The van der Waals surface area contributed by atoms with E-state index in [4.69, 9.17) is 4.42 Å². The minimum absolute atomic E-state index is 0.136. The predicted octanol–water partition coefficient (Wildman–Crippen LogP) is 4.49. The lowest BCUT2D eigenvalue weighted by Gasteiger charge is -2.11. The van der Waals surface area contributed by atoms with E-state index in [-0.39, 0.29) is 18.1 Å². The van der Waals surface area contributed by atoms with E-state index in [1.54, 1.807) is 24.3 Å². The summed E-state index contributed by atoms with van der Waals surface area (Å²) in [7, 11) is 0. The van der Waals surface area contributed by atoms with Gasteiger partial charge in [0.05, 0.1) is 6.54 Å². The van der Waals surface area contributed by atoms with Crippen LogP contribution in [-0.2, 0) is 11.3 Å². The molecule has 0 radical (unpaired) electrons. The third kappa shape index (κ3) is 3.57. The minimum atomic E-state index is -0.478. The topological polar surface area (TPSA) is 62.6 Å². The number of halogens is 1. The first-order valence-electron chi connectivity index (χ1n) is 8.75. The van der Waals surface area contributed by atoms with Gasteiger partial charge in [-0.1, -0.05) is 42.0 Å². The van der Waals surface area contributed by atoms with Crippen molar-refractivity contribution in [2.24, 2.45) is 0 Å². The van der Waals surface area contributed by atoms with E-state index in [2.05, 4.69) is 5.32 Å². The normalized spacial score (nSPS) is 15.4. The fraction of sp³-hybridized carbons (Fsp3) is 0.0909. The molecule has 3 aromatic rings. The molecule has 3 amide bonds. The van der Waals surface area contributed by atoms with Gasteiger partial charge in [0.2, 0.25) is 0 Å². The molecule has 1 aliphatic heterocycles. The summed E-state index contributed by atoms with van der Waals surface area (Å²) in [5.41, 5.74) is 2.69. The first-order chi connectivity index (χ1) is 13.5. The van der Waals surface area contributed by atoms with Crippen LogP contribution in [0.4, 0.5) is 9.18 Å². The molecule has 1 N–H and O–H groups in total. The first kappa shape index (κ1) is 17.7. The molecule has 140 valence electrons. The molecule has 2 heterocycles. The van der Waals surface area contributed by atoms with Gasteiger partial charge in [-0.25, -0.2) is 9.18 Å². The second-order valence-corrected chi connectivity index (χ2v) is 6.58. The van der Waals surface area contributed by atoms with Gasteiger partial charge in [0.15, 0.2) is 0 Å². The van der Waals surface area contributed by atoms with Crippen molar-refractivity contribution in [1.29, 1.82) is 0 Å². The number of hydrogen-bond donors (Lipinski definition) is 1. The van der Waals surface area contributed by atoms with Gasteiger partial charge in [0.1, 0.15) is 23.0 Å². The summed E-state index contributed by atoms with van der Waals surface area (Å²) in [5.74, 6) is 0.0767. The molecule has 0 bridgehead atoms. The van der Waals surface area contributed by atoms with Crippen LogP contribution >= 0.6 is 0 Å². The quantitative estimate of drug-likeness (QED) is 0.539. The van der Waals surface area contributed by atoms with Gasteiger partial charge in [-0.3, -0.25) is 9.69 Å². The number of nitrogens with one attached hydrogen (secondary N) is 1. The van der Waals surface area contributed by atoms with Crippen molar-refractivity contribution in [2.75, 3.05) is 0 Å². The number of benzene rings is 2. The molecule has 0 saturated carbocycles. The molecule has 1 aromatic heterocycles. The van der Waals surface area contributed by atoms with E-state index in [1.807, 2.05) is 31.2 Å². The van der Waals surface area contributed by atoms with Crippen molar-refractivity contribution >= 4 is 18.0 Å². The summed E-state index contributed by atoms with van der Waals surface area (Å²) in [6.45, 7) is 2.16. The Hall–Kier alpha value is -3.67. The Morgan fingerprint density at radius 2 is 1.86 bits per heavy atom. The molecular weight excluding hydrogens is 359 g/mol. The lowest BCUT2D eigenvalue weighted by Crippen LogP contribution is -2.30. The Morgan fingerprint density at radius 3 is 2.61 bits per heavy atom. The van der Waals surface area contributed by atoms with Crippen molar-refractivity contribution in [3.8, 4) is 11.3 Å². The minimum Gasteiger partial charge on any atom is -0.457 e. The van der Waals surface area contributed by atoms with E-state index in [0.717, 1.165) is 16.0 Å². The molecule has 4 rings (SSSR count). The molecule has 0 atom stereocenters. The van der Waals surface area contributed by atoms with Crippen molar-refractivity contribution in [3.05, 3.63) is 89.1 Å². The van der Waals surface area contributed by atoms with Gasteiger partial charge >= 0.3 is 6.03 Å². The molecule has 1 aliphatic rings. The number of nitrogens with zero attached hydrogens (tertiary/aromatic N) is 1. The number of urea groups is 1. The monoisotopic (exact) mass is 376 g/mol. The lowest BCUT2D eigenvalue weighted by atomic mass is 10.1. The highest BCUT2D eigenvalue weighted by atomic mass is 19.1. The Balaban J connectivity index is 1.53. The van der Waals surface area contributed by atoms with Gasteiger partial charge in [-0.05, 0) is 36.8 Å². The lowest BCUT2D eigenvalue weighted by molar-refractivity contribution is -0.123. The van der Waals surface area contributed by atoms with Crippen LogP contribution in [0, 0.1) is 12.7 Å². The maximum absolute atomic E-state index is 13.4. The largest absolute Gasteiger partial charge is 0.457 e. The Labute approximate surface area is 161 Å². The van der Waals surface area contributed by atoms with E-state index in [9.17, 15) is 14.0 Å². The van der Waals surface area contributed by atoms with Gasteiger partial charge in [0, 0.05) is 11.6 Å². The standard InChI is InChI=1S/C22H17FN2O3/c1-14-5-7-15(8-6-14)13-25-21(26)19(24-22(25)27)12-18-9-10-20(28-18)16-3-2-4-17(23)11-16/h2-12H,13H2,1H3,(H,24,27)/b19-12-. The number of furan rings is 1. The summed E-state index contributed by atoms with van der Waals surface area (Å²) in [5, 5.41) is 2.57. The highest BCUT2D eigenvalue weighted by Gasteiger charge is 2.33. The molecule has 2 aromatic carbocycles. The summed E-state index contributed by atoms with van der Waals surface area (Å²) in [6.07, 6.45) is 1.47. The highest BCUT2D eigenvalue weighted by molar-refractivity contribution is 6.13. The molecule has 6 heteroatoms. The van der Waals surface area contributed by atoms with Crippen LogP contribution in [0.2, 0.25) is 0 Å². The number of carbonyl (C=O) groups is 2. The maximum Gasteiger partial charge on any atom is 0.329 e. The van der Waals surface area contributed by atoms with Crippen LogP contribution in [0.1, 0.15) is 16.9 Å². The van der Waals surface area contributed by atoms with Crippen molar-refractivity contribution in [3.63, 3.8) is 0 Å². The number of hydrogen-bond acceptors (Lipinski definition) is 3.